The van der Waals surface area contributed by atoms with Crippen molar-refractivity contribution in [3.8, 4) is 0 Å². The van der Waals surface area contributed by atoms with Crippen LogP contribution < -0.4 is 10.0 Å². The van der Waals surface area contributed by atoms with Crippen LogP contribution in [0, 0.1) is 13.8 Å². The lowest BCUT2D eigenvalue weighted by molar-refractivity contribution is 0.102. The monoisotopic (exact) mass is 438 g/mol. The number of sulfonamides is 1. The zero-order valence-electron chi connectivity index (χ0n) is 14.9. The van der Waals surface area contributed by atoms with Crippen LogP contribution in [0.3, 0.4) is 0 Å². The first-order chi connectivity index (χ1) is 13.2. The first-order valence-electron chi connectivity index (χ1n) is 8.12. The lowest BCUT2D eigenvalue weighted by atomic mass is 10.2. The fourth-order valence-electron chi connectivity index (χ4n) is 2.59. The summed E-state index contributed by atoms with van der Waals surface area (Å²) in [4.78, 5) is 12.3. The van der Waals surface area contributed by atoms with E-state index < -0.39 is 15.9 Å². The first-order valence-corrected chi connectivity index (χ1v) is 10.4. The lowest BCUT2D eigenvalue weighted by Crippen LogP contribution is -2.16. The Morgan fingerprint density at radius 1 is 1.00 bits per heavy atom. The molecule has 1 heterocycles. The molecule has 3 rings (SSSR count). The van der Waals surface area contributed by atoms with Gasteiger partial charge in [-0.3, -0.25) is 9.52 Å². The van der Waals surface area contributed by atoms with E-state index in [2.05, 4.69) is 10.0 Å². The molecule has 0 aliphatic rings. The van der Waals surface area contributed by atoms with Crippen LogP contribution in [0.1, 0.15) is 21.9 Å². The second-order valence-corrected chi connectivity index (χ2v) is 8.48. The Morgan fingerprint density at radius 2 is 1.71 bits per heavy atom. The summed E-state index contributed by atoms with van der Waals surface area (Å²) in [6.07, 6.45) is 0. The minimum atomic E-state index is -4.03. The van der Waals surface area contributed by atoms with E-state index in [0.29, 0.717) is 17.1 Å². The van der Waals surface area contributed by atoms with Crippen molar-refractivity contribution in [2.24, 2.45) is 0 Å². The molecule has 0 bridgehead atoms. The van der Waals surface area contributed by atoms with Gasteiger partial charge in [0, 0.05) is 5.69 Å². The molecule has 0 aliphatic carbocycles. The Morgan fingerprint density at radius 3 is 2.36 bits per heavy atom. The zero-order valence-corrected chi connectivity index (χ0v) is 17.2. The third-order valence-electron chi connectivity index (χ3n) is 3.88. The SMILES string of the molecule is Cc1cc(C(=O)Nc2ccc(Cl)c(S(=O)(=O)Nc3ccccc3Cl)c2)c(C)o1. The van der Waals surface area contributed by atoms with Crippen molar-refractivity contribution in [3.63, 3.8) is 0 Å². The summed E-state index contributed by atoms with van der Waals surface area (Å²) < 4.78 is 33.3. The summed E-state index contributed by atoms with van der Waals surface area (Å²) in [5.41, 5.74) is 0.859. The third-order valence-corrected chi connectivity index (χ3v) is 6.06. The number of anilines is 2. The van der Waals surface area contributed by atoms with Gasteiger partial charge >= 0.3 is 0 Å². The molecule has 0 saturated heterocycles. The van der Waals surface area contributed by atoms with Crippen molar-refractivity contribution >= 4 is 50.5 Å². The molecule has 0 spiro atoms. The van der Waals surface area contributed by atoms with Gasteiger partial charge in [0.05, 0.1) is 21.3 Å². The maximum absolute atomic E-state index is 12.8. The molecule has 0 fully saturated rings. The number of aryl methyl sites for hydroxylation is 2. The number of amides is 1. The zero-order chi connectivity index (χ0) is 20.5. The summed E-state index contributed by atoms with van der Waals surface area (Å²) in [6, 6.07) is 12.2. The molecule has 9 heteroatoms. The molecule has 1 aromatic heterocycles. The molecular formula is C19H16Cl2N2O4S. The van der Waals surface area contributed by atoms with Crippen LogP contribution in [0.5, 0.6) is 0 Å². The van der Waals surface area contributed by atoms with E-state index >= 15 is 0 Å². The van der Waals surface area contributed by atoms with Crippen molar-refractivity contribution in [2.75, 3.05) is 10.0 Å². The highest BCUT2D eigenvalue weighted by Crippen LogP contribution is 2.29. The normalized spacial score (nSPS) is 11.3. The van der Waals surface area contributed by atoms with Crippen LogP contribution in [0.15, 0.2) is 57.8 Å². The summed E-state index contributed by atoms with van der Waals surface area (Å²) in [5, 5.41) is 2.91. The Hall–Kier alpha value is -2.48. The van der Waals surface area contributed by atoms with E-state index in [1.54, 1.807) is 38.1 Å². The molecule has 1 amide bonds. The first kappa shape index (κ1) is 20.3. The maximum atomic E-state index is 12.8. The molecular weight excluding hydrogens is 423 g/mol. The van der Waals surface area contributed by atoms with Crippen molar-refractivity contribution in [1.29, 1.82) is 0 Å². The molecule has 3 aromatic rings. The fourth-order valence-corrected chi connectivity index (χ4v) is 4.43. The highest BCUT2D eigenvalue weighted by atomic mass is 35.5. The smallest absolute Gasteiger partial charge is 0.263 e. The highest BCUT2D eigenvalue weighted by molar-refractivity contribution is 7.92. The van der Waals surface area contributed by atoms with Crippen LogP contribution >= 0.6 is 23.2 Å². The van der Waals surface area contributed by atoms with Crippen molar-refractivity contribution in [3.05, 3.63) is 75.7 Å². The average molecular weight is 439 g/mol. The molecule has 2 aromatic carbocycles. The van der Waals surface area contributed by atoms with Gasteiger partial charge < -0.3 is 9.73 Å². The fraction of sp³-hybridized carbons (Fsp3) is 0.105. The Kier molecular flexibility index (Phi) is 5.69. The van der Waals surface area contributed by atoms with Gasteiger partial charge in [0.25, 0.3) is 15.9 Å². The second kappa shape index (κ2) is 7.87. The van der Waals surface area contributed by atoms with E-state index in [4.69, 9.17) is 27.6 Å². The number of rotatable bonds is 5. The lowest BCUT2D eigenvalue weighted by Gasteiger charge is -2.12. The summed E-state index contributed by atoms with van der Waals surface area (Å²) in [7, 11) is -4.03. The number of furan rings is 1. The number of carbonyl (C=O) groups is 1. The number of benzene rings is 2. The minimum Gasteiger partial charge on any atom is -0.466 e. The van der Waals surface area contributed by atoms with Crippen LogP contribution in [0.4, 0.5) is 11.4 Å². The number of hydrogen-bond acceptors (Lipinski definition) is 4. The van der Waals surface area contributed by atoms with Crippen LogP contribution in [-0.2, 0) is 10.0 Å². The van der Waals surface area contributed by atoms with Gasteiger partial charge in [0.15, 0.2) is 0 Å². The Labute approximate surface area is 172 Å². The molecule has 6 nitrogen and oxygen atoms in total. The summed E-state index contributed by atoms with van der Waals surface area (Å²) >= 11 is 12.1. The molecule has 0 radical (unpaired) electrons. The average Bonchev–Trinajstić information content (AvgIpc) is 2.97. The van der Waals surface area contributed by atoms with E-state index in [9.17, 15) is 13.2 Å². The predicted molar refractivity (Wildman–Crippen MR) is 110 cm³/mol. The maximum Gasteiger partial charge on any atom is 0.263 e. The Balaban J connectivity index is 1.90. The quantitative estimate of drug-likeness (QED) is 0.568. The molecule has 0 saturated carbocycles. The van der Waals surface area contributed by atoms with Crippen LogP contribution in [0.25, 0.3) is 0 Å². The number of nitrogens with one attached hydrogen (secondary N) is 2. The van der Waals surface area contributed by atoms with Gasteiger partial charge in [-0.25, -0.2) is 8.42 Å². The highest BCUT2D eigenvalue weighted by Gasteiger charge is 2.21. The van der Waals surface area contributed by atoms with E-state index in [1.165, 1.54) is 24.3 Å². The summed E-state index contributed by atoms with van der Waals surface area (Å²) in [5.74, 6) is 0.655. The van der Waals surface area contributed by atoms with Gasteiger partial charge in [-0.2, -0.15) is 0 Å². The van der Waals surface area contributed by atoms with Gasteiger partial charge in [0.2, 0.25) is 0 Å². The molecule has 28 heavy (non-hydrogen) atoms. The van der Waals surface area contributed by atoms with Crippen LogP contribution in [0.2, 0.25) is 10.0 Å². The van der Waals surface area contributed by atoms with E-state index in [-0.39, 0.29) is 26.3 Å². The standard InChI is InChI=1S/C19H16Cl2N2O4S/c1-11-9-14(12(2)27-11)19(24)22-13-7-8-16(21)18(10-13)28(25,26)23-17-6-4-3-5-15(17)20/h3-10,23H,1-2H3,(H,22,24). The third kappa shape index (κ3) is 4.32. The minimum absolute atomic E-state index is 0.00730. The molecule has 2 N–H and O–H groups in total. The predicted octanol–water partition coefficient (Wildman–Crippen LogP) is 5.26. The van der Waals surface area contributed by atoms with Gasteiger partial charge in [-0.15, -0.1) is 0 Å². The van der Waals surface area contributed by atoms with Gasteiger partial charge in [-0.05, 0) is 50.2 Å². The van der Waals surface area contributed by atoms with Crippen LogP contribution in [-0.4, -0.2) is 14.3 Å². The largest absolute Gasteiger partial charge is 0.466 e. The topological polar surface area (TPSA) is 88.4 Å². The molecule has 0 atom stereocenters. The number of carbonyl (C=O) groups excluding carboxylic acids is 1. The van der Waals surface area contributed by atoms with Gasteiger partial charge in [-0.1, -0.05) is 35.3 Å². The summed E-state index contributed by atoms with van der Waals surface area (Å²) in [6.45, 7) is 3.41. The molecule has 146 valence electrons. The van der Waals surface area contributed by atoms with E-state index in [1.807, 2.05) is 0 Å². The van der Waals surface area contributed by atoms with Crippen molar-refractivity contribution in [2.45, 2.75) is 18.7 Å². The number of halogens is 2. The van der Waals surface area contributed by atoms with Crippen molar-refractivity contribution < 1.29 is 17.6 Å². The number of para-hydroxylation sites is 1. The second-order valence-electron chi connectivity index (χ2n) is 6.01. The Bertz CT molecular complexity index is 1160. The van der Waals surface area contributed by atoms with Crippen molar-refractivity contribution in [1.82, 2.24) is 0 Å². The molecule has 0 unspecified atom stereocenters. The van der Waals surface area contributed by atoms with Gasteiger partial charge in [0.1, 0.15) is 16.4 Å². The van der Waals surface area contributed by atoms with E-state index in [0.717, 1.165) is 0 Å². The molecule has 0 aliphatic heterocycles. The number of hydrogen-bond donors (Lipinski definition) is 2.